The minimum atomic E-state index is -4.31. The van der Waals surface area contributed by atoms with E-state index in [9.17, 15) is 18.3 Å². The Morgan fingerprint density at radius 1 is 0.880 bits per heavy atom. The molecular weight excluding hydrogens is 327 g/mol. The summed E-state index contributed by atoms with van der Waals surface area (Å²) in [6.07, 6.45) is -4.31. The molecule has 0 heterocycles. The maximum atomic E-state index is 12.6. The largest absolute Gasteiger partial charge is 0.507 e. The molecule has 0 aliphatic carbocycles. The molecule has 0 aliphatic rings. The van der Waals surface area contributed by atoms with E-state index in [4.69, 9.17) is 0 Å². The van der Waals surface area contributed by atoms with Crippen LogP contribution in [0.5, 0.6) is 5.75 Å². The van der Waals surface area contributed by atoms with Gasteiger partial charge >= 0.3 is 6.18 Å². The van der Waals surface area contributed by atoms with Crippen molar-refractivity contribution in [2.45, 2.75) is 19.3 Å². The van der Waals surface area contributed by atoms with Crippen molar-refractivity contribution in [1.29, 1.82) is 0 Å². The normalized spacial score (nSPS) is 13.1. The van der Waals surface area contributed by atoms with Crippen molar-refractivity contribution < 1.29 is 23.2 Å². The Labute approximate surface area is 144 Å². The van der Waals surface area contributed by atoms with E-state index in [1.54, 1.807) is 6.07 Å². The number of hydrogen-bond acceptors (Lipinski definition) is 1. The summed E-state index contributed by atoms with van der Waals surface area (Å²) in [7, 11) is 1.96. The van der Waals surface area contributed by atoms with Crippen LogP contribution in [0, 0.1) is 0 Å². The van der Waals surface area contributed by atoms with E-state index in [0.717, 1.165) is 38.9 Å². The summed E-state index contributed by atoms with van der Waals surface area (Å²) in [6, 6.07) is 16.6. The second-order valence-corrected chi connectivity index (χ2v) is 6.29. The first-order valence-corrected chi connectivity index (χ1v) is 8.01. The van der Waals surface area contributed by atoms with Gasteiger partial charge in [-0.2, -0.15) is 13.2 Å². The number of phenolic OH excluding ortho intramolecular Hbond substituents is 1. The van der Waals surface area contributed by atoms with Crippen molar-refractivity contribution in [2.24, 2.45) is 0 Å². The van der Waals surface area contributed by atoms with Crippen molar-refractivity contribution in [1.82, 2.24) is 0 Å². The van der Waals surface area contributed by atoms with Crippen LogP contribution in [0.4, 0.5) is 13.2 Å². The van der Waals surface area contributed by atoms with Crippen molar-refractivity contribution in [3.8, 4) is 5.75 Å². The van der Waals surface area contributed by atoms with Gasteiger partial charge in [0.25, 0.3) is 0 Å². The minimum Gasteiger partial charge on any atom is -0.507 e. The lowest BCUT2D eigenvalue weighted by Gasteiger charge is -2.17. The lowest BCUT2D eigenvalue weighted by Crippen LogP contribution is -3.06. The second-order valence-electron chi connectivity index (χ2n) is 6.29. The Balaban J connectivity index is 1.77. The van der Waals surface area contributed by atoms with E-state index in [-0.39, 0.29) is 5.75 Å². The third-order valence-electron chi connectivity index (χ3n) is 4.28. The molecule has 0 aliphatic heterocycles. The van der Waals surface area contributed by atoms with Crippen molar-refractivity contribution in [3.63, 3.8) is 0 Å². The summed E-state index contributed by atoms with van der Waals surface area (Å²) in [5.74, 6) is 0.241. The summed E-state index contributed by atoms with van der Waals surface area (Å²) < 4.78 is 37.9. The Hall–Kier alpha value is -2.53. The number of quaternary nitrogens is 1. The van der Waals surface area contributed by atoms with E-state index < -0.39 is 11.7 Å². The van der Waals surface area contributed by atoms with Crippen LogP contribution in [0.15, 0.2) is 60.7 Å². The highest BCUT2D eigenvalue weighted by molar-refractivity contribution is 5.87. The molecule has 0 amide bonds. The Kier molecular flexibility index (Phi) is 4.68. The number of rotatable bonds is 4. The lowest BCUT2D eigenvalue weighted by atomic mass is 10.0. The molecule has 3 rings (SSSR count). The number of nitrogens with one attached hydrogen (secondary N) is 1. The molecule has 0 saturated heterocycles. The Bertz CT molecular complexity index is 872. The molecule has 0 radical (unpaired) electrons. The van der Waals surface area contributed by atoms with Gasteiger partial charge in [-0.05, 0) is 29.0 Å². The van der Waals surface area contributed by atoms with Gasteiger partial charge in [-0.25, -0.2) is 0 Å². The highest BCUT2D eigenvalue weighted by atomic mass is 19.4. The quantitative estimate of drug-likeness (QED) is 0.738. The minimum absolute atomic E-state index is 0.241. The number of fused-ring (bicyclic) bond motifs is 1. The average Bonchev–Trinajstić information content (AvgIpc) is 2.57. The second kappa shape index (κ2) is 6.76. The summed E-state index contributed by atoms with van der Waals surface area (Å²) in [5.41, 5.74) is 1.04. The topological polar surface area (TPSA) is 24.7 Å². The number of benzene rings is 3. The van der Waals surface area contributed by atoms with Gasteiger partial charge in [0.1, 0.15) is 18.8 Å². The third-order valence-corrected chi connectivity index (χ3v) is 4.28. The predicted molar refractivity (Wildman–Crippen MR) is 91.4 cm³/mol. The van der Waals surface area contributed by atoms with Gasteiger partial charge in [0.15, 0.2) is 0 Å². The lowest BCUT2D eigenvalue weighted by molar-refractivity contribution is -0.907. The Morgan fingerprint density at radius 2 is 1.56 bits per heavy atom. The molecule has 2 N–H and O–H groups in total. The molecule has 0 aromatic heterocycles. The molecule has 0 saturated carbocycles. The van der Waals surface area contributed by atoms with E-state index in [0.29, 0.717) is 13.1 Å². The highest BCUT2D eigenvalue weighted by Crippen LogP contribution is 2.29. The van der Waals surface area contributed by atoms with Crippen LogP contribution < -0.4 is 4.90 Å². The van der Waals surface area contributed by atoms with Crippen LogP contribution in [-0.2, 0) is 19.3 Å². The summed E-state index contributed by atoms with van der Waals surface area (Å²) in [5, 5.41) is 12.3. The molecule has 1 atom stereocenters. The molecule has 5 heteroatoms. The number of aromatic hydroxyl groups is 1. The first-order valence-electron chi connectivity index (χ1n) is 8.01. The predicted octanol–water partition coefficient (Wildman–Crippen LogP) is 3.78. The van der Waals surface area contributed by atoms with Crippen molar-refractivity contribution in [2.75, 3.05) is 7.05 Å². The van der Waals surface area contributed by atoms with Gasteiger partial charge in [0.2, 0.25) is 0 Å². The van der Waals surface area contributed by atoms with E-state index >= 15 is 0 Å². The first-order chi connectivity index (χ1) is 11.8. The fourth-order valence-electron chi connectivity index (χ4n) is 3.03. The van der Waals surface area contributed by atoms with Gasteiger partial charge in [0, 0.05) is 5.56 Å². The van der Waals surface area contributed by atoms with Crippen LogP contribution in [0.3, 0.4) is 0 Å². The zero-order valence-corrected chi connectivity index (χ0v) is 13.8. The maximum Gasteiger partial charge on any atom is 0.416 e. The molecule has 25 heavy (non-hydrogen) atoms. The van der Waals surface area contributed by atoms with Gasteiger partial charge in [-0.1, -0.05) is 42.5 Å². The molecular formula is C20H19F3NO+. The van der Waals surface area contributed by atoms with Crippen molar-refractivity contribution in [3.05, 3.63) is 77.4 Å². The molecule has 3 aromatic carbocycles. The number of alkyl halides is 3. The summed E-state index contributed by atoms with van der Waals surface area (Å²) in [4.78, 5) is 1.08. The number of phenols is 1. The summed E-state index contributed by atoms with van der Waals surface area (Å²) >= 11 is 0. The number of hydrogen-bond donors (Lipinski definition) is 2. The number of halogens is 3. The van der Waals surface area contributed by atoms with Crippen LogP contribution in [0.25, 0.3) is 10.8 Å². The van der Waals surface area contributed by atoms with Crippen LogP contribution in [-0.4, -0.2) is 12.2 Å². The van der Waals surface area contributed by atoms with Gasteiger partial charge in [-0.3, -0.25) is 0 Å². The third kappa shape index (κ3) is 3.94. The van der Waals surface area contributed by atoms with Crippen LogP contribution in [0.2, 0.25) is 0 Å². The van der Waals surface area contributed by atoms with E-state index in [2.05, 4.69) is 0 Å². The molecule has 0 bridgehead atoms. The standard InChI is InChI=1S/C20H18F3NO/c1-24(12-14-6-9-16(10-7-14)20(21,22)23)13-18-17-5-3-2-4-15(17)8-11-19(18)25/h2-11,25H,12-13H2,1H3/p+1. The van der Waals surface area contributed by atoms with Crippen LogP contribution in [0.1, 0.15) is 16.7 Å². The zero-order valence-electron chi connectivity index (χ0n) is 13.8. The molecule has 0 spiro atoms. The van der Waals surface area contributed by atoms with Gasteiger partial charge in [-0.15, -0.1) is 0 Å². The zero-order chi connectivity index (χ0) is 18.0. The molecule has 3 aromatic rings. The van der Waals surface area contributed by atoms with E-state index in [1.807, 2.05) is 37.4 Å². The van der Waals surface area contributed by atoms with Gasteiger partial charge in [0.05, 0.1) is 18.2 Å². The SMILES string of the molecule is C[NH+](Cc1ccc(C(F)(F)F)cc1)Cc1c(O)ccc2ccccc12. The first kappa shape index (κ1) is 17.3. The van der Waals surface area contributed by atoms with Gasteiger partial charge < -0.3 is 10.0 Å². The Morgan fingerprint density at radius 3 is 2.24 bits per heavy atom. The average molecular weight is 346 g/mol. The fraction of sp³-hybridized carbons (Fsp3) is 0.200. The summed E-state index contributed by atoms with van der Waals surface area (Å²) in [6.45, 7) is 1.15. The highest BCUT2D eigenvalue weighted by Gasteiger charge is 2.30. The van der Waals surface area contributed by atoms with Crippen LogP contribution >= 0.6 is 0 Å². The smallest absolute Gasteiger partial charge is 0.416 e. The molecule has 1 unspecified atom stereocenters. The molecule has 2 nitrogen and oxygen atoms in total. The molecule has 130 valence electrons. The maximum absolute atomic E-state index is 12.6. The van der Waals surface area contributed by atoms with Crippen molar-refractivity contribution >= 4 is 10.8 Å². The van der Waals surface area contributed by atoms with E-state index in [1.165, 1.54) is 12.1 Å². The fourth-order valence-corrected chi connectivity index (χ4v) is 3.03. The molecule has 0 fully saturated rings. The monoisotopic (exact) mass is 346 g/mol.